The van der Waals surface area contributed by atoms with Crippen molar-refractivity contribution >= 4 is 12.0 Å². The Morgan fingerprint density at radius 1 is 1.29 bits per heavy atom. The number of para-hydroxylation sites is 1. The number of hydrazone groups is 1. The van der Waals surface area contributed by atoms with Crippen LogP contribution in [-0.4, -0.2) is 31.5 Å². The third-order valence-electron chi connectivity index (χ3n) is 2.21. The zero-order chi connectivity index (χ0) is 9.97. The van der Waals surface area contributed by atoms with Gasteiger partial charge in [0, 0.05) is 13.6 Å². The van der Waals surface area contributed by atoms with Crippen molar-refractivity contribution in [3.8, 4) is 0 Å². The van der Waals surface area contributed by atoms with Crippen LogP contribution >= 0.6 is 0 Å². The van der Waals surface area contributed by atoms with Crippen molar-refractivity contribution in [3.05, 3.63) is 30.1 Å². The average Bonchev–Trinajstić information content (AvgIpc) is 2.20. The quantitative estimate of drug-likeness (QED) is 0.673. The van der Waals surface area contributed by atoms with Gasteiger partial charge >= 0.3 is 0 Å². The maximum Gasteiger partial charge on any atom is 0.146 e. The minimum absolute atomic E-state index is 0.205. The third-order valence-corrected chi connectivity index (χ3v) is 2.21. The molecule has 4 heteroatoms. The lowest BCUT2D eigenvalue weighted by Gasteiger charge is -2.27. The van der Waals surface area contributed by atoms with Crippen molar-refractivity contribution in [1.82, 2.24) is 5.01 Å². The lowest BCUT2D eigenvalue weighted by molar-refractivity contribution is 0.353. The van der Waals surface area contributed by atoms with E-state index in [0.29, 0.717) is 5.69 Å². The van der Waals surface area contributed by atoms with Gasteiger partial charge < -0.3 is 4.90 Å². The zero-order valence-corrected chi connectivity index (χ0v) is 8.02. The Hall–Kier alpha value is -1.58. The summed E-state index contributed by atoms with van der Waals surface area (Å²) in [7, 11) is 1.90. The molecule has 0 unspecified atom stereocenters. The van der Waals surface area contributed by atoms with Gasteiger partial charge in [0.25, 0.3) is 0 Å². The maximum absolute atomic E-state index is 13.4. The smallest absolute Gasteiger partial charge is 0.146 e. The molecule has 0 fully saturated rings. The second-order valence-electron chi connectivity index (χ2n) is 3.26. The number of anilines is 1. The van der Waals surface area contributed by atoms with Crippen LogP contribution < -0.4 is 4.90 Å². The van der Waals surface area contributed by atoms with Gasteiger partial charge in [-0.15, -0.1) is 0 Å². The van der Waals surface area contributed by atoms with Gasteiger partial charge in [0.2, 0.25) is 0 Å². The highest BCUT2D eigenvalue weighted by Gasteiger charge is 2.12. The predicted octanol–water partition coefficient (Wildman–Crippen LogP) is 1.52. The molecule has 0 aliphatic carbocycles. The molecule has 0 saturated heterocycles. The zero-order valence-electron chi connectivity index (χ0n) is 8.02. The number of rotatable bonds is 1. The molecule has 1 aromatic carbocycles. The molecule has 0 spiro atoms. The van der Waals surface area contributed by atoms with Gasteiger partial charge in [-0.3, -0.25) is 5.01 Å². The van der Waals surface area contributed by atoms with Gasteiger partial charge in [-0.05, 0) is 12.1 Å². The highest BCUT2D eigenvalue weighted by atomic mass is 19.1. The standard InChI is InChI=1S/C10H12FN3/c1-13-6-7-14(8-12-13)10-5-3-2-4-9(10)11/h2-5,8H,6-7H2,1H3. The SMILES string of the molecule is CN1CCN(c2ccccc2F)C=N1. The molecule has 0 radical (unpaired) electrons. The van der Waals surface area contributed by atoms with Gasteiger partial charge in [0.15, 0.2) is 0 Å². The molecule has 0 bridgehead atoms. The Labute approximate surface area is 82.4 Å². The van der Waals surface area contributed by atoms with Crippen molar-refractivity contribution in [2.24, 2.45) is 5.10 Å². The Morgan fingerprint density at radius 3 is 2.71 bits per heavy atom. The van der Waals surface area contributed by atoms with E-state index in [1.54, 1.807) is 18.5 Å². The fraction of sp³-hybridized carbons (Fsp3) is 0.300. The fourth-order valence-electron chi connectivity index (χ4n) is 1.39. The van der Waals surface area contributed by atoms with Crippen LogP contribution in [0.25, 0.3) is 0 Å². The molecule has 2 rings (SSSR count). The van der Waals surface area contributed by atoms with E-state index in [0.717, 1.165) is 13.1 Å². The van der Waals surface area contributed by atoms with Crippen molar-refractivity contribution in [3.63, 3.8) is 0 Å². The summed E-state index contributed by atoms with van der Waals surface area (Å²) < 4.78 is 13.4. The summed E-state index contributed by atoms with van der Waals surface area (Å²) >= 11 is 0. The second-order valence-corrected chi connectivity index (χ2v) is 3.26. The molecule has 1 aliphatic heterocycles. The van der Waals surface area contributed by atoms with Crippen LogP contribution in [0.2, 0.25) is 0 Å². The molecule has 0 amide bonds. The van der Waals surface area contributed by atoms with E-state index in [9.17, 15) is 4.39 Å². The Kier molecular flexibility index (Phi) is 2.35. The van der Waals surface area contributed by atoms with Crippen LogP contribution in [0.5, 0.6) is 0 Å². The van der Waals surface area contributed by atoms with Gasteiger partial charge in [-0.1, -0.05) is 12.1 Å². The number of hydrogen-bond donors (Lipinski definition) is 0. The summed E-state index contributed by atoms with van der Waals surface area (Å²) in [6.07, 6.45) is 1.65. The van der Waals surface area contributed by atoms with E-state index in [1.807, 2.05) is 23.0 Å². The Bertz CT molecular complexity index is 351. The van der Waals surface area contributed by atoms with Gasteiger partial charge in [-0.25, -0.2) is 4.39 Å². The molecule has 0 aromatic heterocycles. The van der Waals surface area contributed by atoms with Crippen molar-refractivity contribution in [1.29, 1.82) is 0 Å². The molecule has 1 aromatic rings. The van der Waals surface area contributed by atoms with Crippen molar-refractivity contribution in [2.75, 3.05) is 25.0 Å². The number of nitrogens with zero attached hydrogens (tertiary/aromatic N) is 3. The number of hydrogen-bond acceptors (Lipinski definition) is 3. The van der Waals surface area contributed by atoms with Crippen LogP contribution in [-0.2, 0) is 0 Å². The highest BCUT2D eigenvalue weighted by molar-refractivity contribution is 5.79. The molecule has 0 N–H and O–H groups in total. The average molecular weight is 193 g/mol. The summed E-state index contributed by atoms with van der Waals surface area (Å²) in [5.74, 6) is -0.205. The van der Waals surface area contributed by atoms with Gasteiger partial charge in [-0.2, -0.15) is 5.10 Å². The minimum Gasteiger partial charge on any atom is -0.327 e. The first-order chi connectivity index (χ1) is 6.77. The van der Waals surface area contributed by atoms with Crippen LogP contribution in [0.15, 0.2) is 29.4 Å². The molecular formula is C10H12FN3. The van der Waals surface area contributed by atoms with E-state index in [1.165, 1.54) is 6.07 Å². The highest BCUT2D eigenvalue weighted by Crippen LogP contribution is 2.18. The van der Waals surface area contributed by atoms with Crippen molar-refractivity contribution < 1.29 is 4.39 Å². The first kappa shape index (κ1) is 8.99. The second kappa shape index (κ2) is 3.65. The van der Waals surface area contributed by atoms with Crippen LogP contribution in [0.3, 0.4) is 0 Å². The number of halogens is 1. The fourth-order valence-corrected chi connectivity index (χ4v) is 1.39. The summed E-state index contributed by atoms with van der Waals surface area (Å²) in [6, 6.07) is 6.73. The lowest BCUT2D eigenvalue weighted by Crippen LogP contribution is -2.36. The first-order valence-electron chi connectivity index (χ1n) is 4.54. The van der Waals surface area contributed by atoms with Crippen molar-refractivity contribution in [2.45, 2.75) is 0 Å². The van der Waals surface area contributed by atoms with Gasteiger partial charge in [0.1, 0.15) is 12.2 Å². The molecule has 3 nitrogen and oxygen atoms in total. The van der Waals surface area contributed by atoms with Crippen LogP contribution in [0.1, 0.15) is 0 Å². The van der Waals surface area contributed by atoms with E-state index < -0.39 is 0 Å². The number of benzene rings is 1. The molecule has 74 valence electrons. The summed E-state index contributed by atoms with van der Waals surface area (Å²) in [5, 5.41) is 5.93. The summed E-state index contributed by atoms with van der Waals surface area (Å²) in [6.45, 7) is 1.58. The maximum atomic E-state index is 13.4. The normalized spacial score (nSPS) is 16.1. The topological polar surface area (TPSA) is 18.8 Å². The monoisotopic (exact) mass is 193 g/mol. The molecule has 14 heavy (non-hydrogen) atoms. The molecule has 0 atom stereocenters. The third kappa shape index (κ3) is 1.69. The van der Waals surface area contributed by atoms with E-state index in [2.05, 4.69) is 5.10 Å². The van der Waals surface area contributed by atoms with Crippen LogP contribution in [0.4, 0.5) is 10.1 Å². The first-order valence-corrected chi connectivity index (χ1v) is 4.54. The molecular weight excluding hydrogens is 181 g/mol. The van der Waals surface area contributed by atoms with E-state index in [-0.39, 0.29) is 5.82 Å². The van der Waals surface area contributed by atoms with E-state index in [4.69, 9.17) is 0 Å². The summed E-state index contributed by atoms with van der Waals surface area (Å²) in [5.41, 5.74) is 0.587. The number of likely N-dealkylation sites (N-methyl/N-ethyl adjacent to an activating group) is 1. The predicted molar refractivity (Wildman–Crippen MR) is 54.9 cm³/mol. The summed E-state index contributed by atoms with van der Waals surface area (Å²) in [4.78, 5) is 1.81. The van der Waals surface area contributed by atoms with Crippen LogP contribution in [0, 0.1) is 5.82 Å². The van der Waals surface area contributed by atoms with Gasteiger partial charge in [0.05, 0.1) is 12.2 Å². The Balaban J connectivity index is 2.24. The van der Waals surface area contributed by atoms with E-state index >= 15 is 0 Å². The molecule has 1 aliphatic rings. The minimum atomic E-state index is -0.205. The lowest BCUT2D eigenvalue weighted by atomic mass is 10.3. The largest absolute Gasteiger partial charge is 0.327 e. The Morgan fingerprint density at radius 2 is 2.07 bits per heavy atom. The molecule has 0 saturated carbocycles. The molecule has 1 heterocycles.